The Labute approximate surface area is 207 Å². The predicted molar refractivity (Wildman–Crippen MR) is 128 cm³/mol. The molecule has 0 saturated carbocycles. The molecule has 0 atom stereocenters. The number of anilines is 2. The van der Waals surface area contributed by atoms with Gasteiger partial charge in [0.25, 0.3) is 5.91 Å². The number of nitrogens with one attached hydrogen (secondary N) is 1. The minimum Gasteiger partial charge on any atom is -0.496 e. The number of pyridine rings is 1. The highest BCUT2D eigenvalue weighted by Crippen LogP contribution is 2.40. The van der Waals surface area contributed by atoms with Crippen LogP contribution < -0.4 is 30.9 Å². The molecule has 1 amide bonds. The maximum atomic E-state index is 13.0. The van der Waals surface area contributed by atoms with Crippen LogP contribution in [0, 0.1) is 0 Å². The third-order valence-corrected chi connectivity index (χ3v) is 5.53. The summed E-state index contributed by atoms with van der Waals surface area (Å²) in [4.78, 5) is 30.1. The van der Waals surface area contributed by atoms with Crippen molar-refractivity contribution in [2.45, 2.75) is 0 Å². The van der Waals surface area contributed by atoms with Crippen LogP contribution >= 0.6 is 11.3 Å². The van der Waals surface area contributed by atoms with Gasteiger partial charge in [-0.2, -0.15) is 9.78 Å². The summed E-state index contributed by atoms with van der Waals surface area (Å²) in [5.41, 5.74) is 5.40. The number of carbonyl (C=O) groups is 1. The van der Waals surface area contributed by atoms with E-state index in [1.807, 2.05) is 0 Å². The molecular weight excluding hydrogens is 494 g/mol. The van der Waals surface area contributed by atoms with Crippen molar-refractivity contribution in [3.8, 4) is 33.6 Å². The van der Waals surface area contributed by atoms with E-state index in [4.69, 9.17) is 29.1 Å². The van der Waals surface area contributed by atoms with Crippen LogP contribution in [0.2, 0.25) is 0 Å². The maximum Gasteiger partial charge on any atom is 0.379 e. The molecule has 0 unspecified atom stereocenters. The van der Waals surface area contributed by atoms with Crippen molar-refractivity contribution in [2.24, 2.45) is 0 Å². The third kappa shape index (κ3) is 4.96. The lowest BCUT2D eigenvalue weighted by molar-refractivity contribution is 0.0990. The van der Waals surface area contributed by atoms with E-state index in [9.17, 15) is 9.59 Å². The van der Waals surface area contributed by atoms with E-state index < -0.39 is 11.5 Å². The molecule has 0 fully saturated rings. The smallest absolute Gasteiger partial charge is 0.379 e. The maximum absolute atomic E-state index is 13.0. The fourth-order valence-electron chi connectivity index (χ4n) is 3.13. The van der Waals surface area contributed by atoms with Crippen molar-refractivity contribution < 1.29 is 28.2 Å². The Hall–Kier alpha value is -4.50. The van der Waals surface area contributed by atoms with E-state index in [0.717, 1.165) is 11.3 Å². The van der Waals surface area contributed by atoms with Gasteiger partial charge in [0.15, 0.2) is 5.76 Å². The summed E-state index contributed by atoms with van der Waals surface area (Å²) in [7, 11) is 4.35. The third-order valence-electron chi connectivity index (χ3n) is 4.71. The van der Waals surface area contributed by atoms with Gasteiger partial charge in [0.2, 0.25) is 21.9 Å². The summed E-state index contributed by atoms with van der Waals surface area (Å²) in [6.45, 7) is 0.261. The first kappa shape index (κ1) is 24.6. The van der Waals surface area contributed by atoms with Gasteiger partial charge < -0.3 is 29.1 Å². The molecule has 15 heteroatoms. The van der Waals surface area contributed by atoms with Crippen molar-refractivity contribution in [3.05, 3.63) is 46.8 Å². The average molecular weight is 516 g/mol. The quantitative estimate of drug-likeness (QED) is 0.292. The molecule has 0 aliphatic carbocycles. The minimum absolute atomic E-state index is 0.0504. The first-order chi connectivity index (χ1) is 17.5. The van der Waals surface area contributed by atoms with Gasteiger partial charge in [-0.3, -0.25) is 10.1 Å². The van der Waals surface area contributed by atoms with Crippen LogP contribution in [-0.2, 0) is 4.74 Å². The SMILES string of the molecule is COCCOc1c(-c2c(OC)ccnc2OC)cc(C(=O)Nc2nnc(-n3nccc3N)s2)oc1=O. The molecule has 4 aromatic heterocycles. The van der Waals surface area contributed by atoms with Crippen molar-refractivity contribution in [3.63, 3.8) is 0 Å². The van der Waals surface area contributed by atoms with Crippen LogP contribution in [0.5, 0.6) is 17.4 Å². The molecule has 0 aliphatic rings. The molecule has 0 bridgehead atoms. The van der Waals surface area contributed by atoms with E-state index in [0.29, 0.717) is 22.3 Å². The van der Waals surface area contributed by atoms with E-state index in [2.05, 4.69) is 25.6 Å². The molecule has 4 heterocycles. The van der Waals surface area contributed by atoms with Crippen molar-refractivity contribution in [1.29, 1.82) is 0 Å². The van der Waals surface area contributed by atoms with E-state index >= 15 is 0 Å². The highest BCUT2D eigenvalue weighted by atomic mass is 32.1. The lowest BCUT2D eigenvalue weighted by atomic mass is 10.1. The number of methoxy groups -OCH3 is 3. The molecule has 0 saturated heterocycles. The van der Waals surface area contributed by atoms with Crippen LogP contribution in [0.4, 0.5) is 10.9 Å². The number of rotatable bonds is 10. The Morgan fingerprint density at radius 2 is 2.00 bits per heavy atom. The number of hydrogen-bond acceptors (Lipinski definition) is 13. The molecule has 0 spiro atoms. The van der Waals surface area contributed by atoms with Crippen LogP contribution in [0.3, 0.4) is 0 Å². The van der Waals surface area contributed by atoms with E-state index in [-0.39, 0.29) is 41.3 Å². The fraction of sp³-hybridized carbons (Fsp3) is 0.238. The summed E-state index contributed by atoms with van der Waals surface area (Å²) in [5, 5.41) is 14.9. The highest BCUT2D eigenvalue weighted by molar-refractivity contribution is 7.17. The number of aromatic nitrogens is 5. The molecule has 0 aliphatic heterocycles. The summed E-state index contributed by atoms with van der Waals surface area (Å²) in [6, 6.07) is 4.50. The Bertz CT molecular complexity index is 1410. The van der Waals surface area contributed by atoms with Gasteiger partial charge in [0.1, 0.15) is 18.2 Å². The van der Waals surface area contributed by atoms with Gasteiger partial charge in [0, 0.05) is 24.9 Å². The molecule has 3 N–H and O–H groups in total. The molecule has 36 heavy (non-hydrogen) atoms. The van der Waals surface area contributed by atoms with E-state index in [1.165, 1.54) is 44.5 Å². The largest absolute Gasteiger partial charge is 0.496 e. The number of nitrogen functional groups attached to an aromatic ring is 1. The number of nitrogens with zero attached hydrogens (tertiary/aromatic N) is 5. The highest BCUT2D eigenvalue weighted by Gasteiger charge is 2.25. The Kier molecular flexibility index (Phi) is 7.41. The first-order valence-corrected chi connectivity index (χ1v) is 11.1. The Balaban J connectivity index is 1.73. The summed E-state index contributed by atoms with van der Waals surface area (Å²) in [6.07, 6.45) is 2.98. The number of carbonyl (C=O) groups excluding carboxylic acids is 1. The van der Waals surface area contributed by atoms with Crippen molar-refractivity contribution in [2.75, 3.05) is 45.6 Å². The number of nitrogens with two attached hydrogens (primary N) is 1. The van der Waals surface area contributed by atoms with Gasteiger partial charge in [0.05, 0.1) is 32.6 Å². The van der Waals surface area contributed by atoms with E-state index in [1.54, 1.807) is 12.1 Å². The predicted octanol–water partition coefficient (Wildman–Crippen LogP) is 1.62. The standard InChI is InChI=1S/C21H21N7O7S/c1-31-8-9-34-16-11(15-12(32-2)4-6-23-18(15)33-3)10-13(35-19(16)30)17(29)25-20-26-27-21(36-20)28-14(22)5-7-24-28/h4-7,10H,8-9,22H2,1-3H3,(H,25,26,29). The van der Waals surface area contributed by atoms with Gasteiger partial charge in [-0.1, -0.05) is 11.3 Å². The second-order valence-corrected chi connectivity index (χ2v) is 7.85. The number of hydrogen-bond donors (Lipinski definition) is 2. The average Bonchev–Trinajstić information content (AvgIpc) is 3.52. The summed E-state index contributed by atoms with van der Waals surface area (Å²) < 4.78 is 28.0. The molecule has 0 aromatic carbocycles. The molecule has 4 rings (SSSR count). The molecule has 188 valence electrons. The molecule has 0 radical (unpaired) electrons. The van der Waals surface area contributed by atoms with Gasteiger partial charge in [-0.05, 0) is 12.1 Å². The Morgan fingerprint density at radius 1 is 1.17 bits per heavy atom. The molecule has 14 nitrogen and oxygen atoms in total. The van der Waals surface area contributed by atoms with Crippen molar-refractivity contribution in [1.82, 2.24) is 25.0 Å². The van der Waals surface area contributed by atoms with Gasteiger partial charge in [-0.25, -0.2) is 9.78 Å². The number of amides is 1. The minimum atomic E-state index is -0.899. The fourth-order valence-corrected chi connectivity index (χ4v) is 3.85. The van der Waals surface area contributed by atoms with Gasteiger partial charge >= 0.3 is 5.63 Å². The zero-order chi connectivity index (χ0) is 25.7. The topological polar surface area (TPSA) is 179 Å². The lowest BCUT2D eigenvalue weighted by Gasteiger charge is -2.15. The second kappa shape index (κ2) is 10.8. The normalized spacial score (nSPS) is 10.8. The van der Waals surface area contributed by atoms with Crippen molar-refractivity contribution >= 4 is 28.2 Å². The van der Waals surface area contributed by atoms with Gasteiger partial charge in [-0.15, -0.1) is 10.2 Å². The summed E-state index contributed by atoms with van der Waals surface area (Å²) in [5.74, 6) is -0.412. The van der Waals surface area contributed by atoms with Crippen LogP contribution in [0.1, 0.15) is 10.6 Å². The summed E-state index contributed by atoms with van der Waals surface area (Å²) >= 11 is 1.02. The van der Waals surface area contributed by atoms with Crippen LogP contribution in [0.25, 0.3) is 16.3 Å². The van der Waals surface area contributed by atoms with Crippen LogP contribution in [0.15, 0.2) is 39.8 Å². The molecular formula is C21H21N7O7S. The lowest BCUT2D eigenvalue weighted by Crippen LogP contribution is -2.18. The molecule has 4 aromatic rings. The monoisotopic (exact) mass is 515 g/mol. The Morgan fingerprint density at radius 3 is 2.69 bits per heavy atom. The zero-order valence-corrected chi connectivity index (χ0v) is 20.2. The first-order valence-electron chi connectivity index (χ1n) is 10.3. The zero-order valence-electron chi connectivity index (χ0n) is 19.4. The second-order valence-electron chi connectivity index (χ2n) is 6.89. The number of ether oxygens (including phenoxy) is 4. The van der Waals surface area contributed by atoms with Crippen LogP contribution in [-0.4, -0.2) is 65.4 Å².